The molecule has 9 heteroatoms. The second kappa shape index (κ2) is 7.99. The van der Waals surface area contributed by atoms with Crippen LogP contribution in [0.25, 0.3) is 0 Å². The van der Waals surface area contributed by atoms with Crippen molar-refractivity contribution in [3.05, 3.63) is 52.3 Å². The molecule has 0 saturated heterocycles. The summed E-state index contributed by atoms with van der Waals surface area (Å²) in [5.41, 5.74) is 1.10. The lowest BCUT2D eigenvalue weighted by Crippen LogP contribution is -2.22. The minimum atomic E-state index is -0.310. The molecule has 1 unspecified atom stereocenters. The smallest absolute Gasteiger partial charge is 0.239 e. The SMILES string of the molecule is CC(Sc1nnc(Cc2ccc(Cl)cc2)n1C)C(=O)Nc1nccs1. The maximum atomic E-state index is 12.2. The van der Waals surface area contributed by atoms with Gasteiger partial charge in [-0.2, -0.15) is 0 Å². The molecular weight excluding hydrogens is 378 g/mol. The van der Waals surface area contributed by atoms with Crippen molar-refractivity contribution in [2.24, 2.45) is 7.05 Å². The number of thioether (sulfide) groups is 1. The fourth-order valence-electron chi connectivity index (χ4n) is 2.09. The summed E-state index contributed by atoms with van der Waals surface area (Å²) in [4.78, 5) is 16.3. The molecule has 1 amide bonds. The Balaban J connectivity index is 1.64. The molecule has 2 aromatic heterocycles. The Morgan fingerprint density at radius 1 is 1.36 bits per heavy atom. The highest BCUT2D eigenvalue weighted by molar-refractivity contribution is 8.00. The number of hydrogen-bond donors (Lipinski definition) is 1. The molecule has 25 heavy (non-hydrogen) atoms. The number of thiazole rings is 1. The summed E-state index contributed by atoms with van der Waals surface area (Å²) in [5.74, 6) is 0.722. The Morgan fingerprint density at radius 2 is 2.12 bits per heavy atom. The van der Waals surface area contributed by atoms with Crippen LogP contribution in [0.4, 0.5) is 5.13 Å². The van der Waals surface area contributed by atoms with Crippen molar-refractivity contribution >= 4 is 45.7 Å². The highest BCUT2D eigenvalue weighted by Crippen LogP contribution is 2.24. The lowest BCUT2D eigenvalue weighted by atomic mass is 10.1. The van der Waals surface area contributed by atoms with Gasteiger partial charge in [0.1, 0.15) is 5.82 Å². The van der Waals surface area contributed by atoms with Crippen LogP contribution in [0.3, 0.4) is 0 Å². The fourth-order valence-corrected chi connectivity index (χ4v) is 3.58. The van der Waals surface area contributed by atoms with Crippen molar-refractivity contribution in [3.8, 4) is 0 Å². The van der Waals surface area contributed by atoms with Crippen LogP contribution in [0, 0.1) is 0 Å². The van der Waals surface area contributed by atoms with Gasteiger partial charge in [-0.25, -0.2) is 4.98 Å². The standard InChI is InChI=1S/C16H16ClN5OS2/c1-10(14(23)19-15-18-7-8-24-15)25-16-21-20-13(22(16)2)9-11-3-5-12(17)6-4-11/h3-8,10H,9H2,1-2H3,(H,18,19,23). The van der Waals surface area contributed by atoms with Crippen LogP contribution in [-0.2, 0) is 18.3 Å². The van der Waals surface area contributed by atoms with Crippen molar-refractivity contribution < 1.29 is 4.79 Å². The van der Waals surface area contributed by atoms with Crippen LogP contribution in [0.15, 0.2) is 41.0 Å². The average Bonchev–Trinajstić information content (AvgIpc) is 3.22. The van der Waals surface area contributed by atoms with E-state index in [-0.39, 0.29) is 11.2 Å². The zero-order chi connectivity index (χ0) is 17.8. The molecule has 0 radical (unpaired) electrons. The maximum Gasteiger partial charge on any atom is 0.239 e. The van der Waals surface area contributed by atoms with E-state index in [0.29, 0.717) is 21.7 Å². The number of carbonyl (C=O) groups excluding carboxylic acids is 1. The normalized spacial score (nSPS) is 12.1. The monoisotopic (exact) mass is 393 g/mol. The van der Waals surface area contributed by atoms with Crippen LogP contribution in [0.5, 0.6) is 0 Å². The van der Waals surface area contributed by atoms with Gasteiger partial charge in [-0.1, -0.05) is 35.5 Å². The van der Waals surface area contributed by atoms with Gasteiger partial charge in [0.05, 0.1) is 5.25 Å². The molecule has 0 aliphatic heterocycles. The molecule has 0 aliphatic rings. The zero-order valence-corrected chi connectivity index (χ0v) is 16.0. The summed E-state index contributed by atoms with van der Waals surface area (Å²) in [7, 11) is 1.90. The Kier molecular flexibility index (Phi) is 5.72. The van der Waals surface area contributed by atoms with Gasteiger partial charge in [0.2, 0.25) is 5.91 Å². The van der Waals surface area contributed by atoms with Crippen molar-refractivity contribution in [2.75, 3.05) is 5.32 Å². The van der Waals surface area contributed by atoms with Gasteiger partial charge >= 0.3 is 0 Å². The molecule has 2 heterocycles. The number of carbonyl (C=O) groups is 1. The lowest BCUT2D eigenvalue weighted by Gasteiger charge is -2.10. The molecule has 6 nitrogen and oxygen atoms in total. The molecular formula is C16H16ClN5OS2. The quantitative estimate of drug-likeness (QED) is 0.647. The van der Waals surface area contributed by atoms with Crippen molar-refractivity contribution in [1.29, 1.82) is 0 Å². The van der Waals surface area contributed by atoms with Crippen LogP contribution in [0.2, 0.25) is 5.02 Å². The van der Waals surface area contributed by atoms with E-state index >= 15 is 0 Å². The van der Waals surface area contributed by atoms with Gasteiger partial charge in [-0.15, -0.1) is 21.5 Å². The average molecular weight is 394 g/mol. The van der Waals surface area contributed by atoms with E-state index in [4.69, 9.17) is 11.6 Å². The number of benzene rings is 1. The zero-order valence-electron chi connectivity index (χ0n) is 13.6. The van der Waals surface area contributed by atoms with Crippen molar-refractivity contribution in [3.63, 3.8) is 0 Å². The maximum absolute atomic E-state index is 12.2. The summed E-state index contributed by atoms with van der Waals surface area (Å²) < 4.78 is 1.91. The van der Waals surface area contributed by atoms with Gasteiger partial charge in [-0.05, 0) is 24.6 Å². The second-order valence-electron chi connectivity index (χ2n) is 5.35. The molecule has 3 rings (SSSR count). The third-order valence-electron chi connectivity index (χ3n) is 3.51. The van der Waals surface area contributed by atoms with Gasteiger partial charge in [0.25, 0.3) is 0 Å². The van der Waals surface area contributed by atoms with E-state index in [0.717, 1.165) is 11.4 Å². The fraction of sp³-hybridized carbons (Fsp3) is 0.250. The Hall–Kier alpha value is -1.90. The highest BCUT2D eigenvalue weighted by atomic mass is 35.5. The van der Waals surface area contributed by atoms with Gasteiger partial charge in [-0.3, -0.25) is 4.79 Å². The van der Waals surface area contributed by atoms with E-state index in [9.17, 15) is 4.79 Å². The summed E-state index contributed by atoms with van der Waals surface area (Å²) >= 11 is 8.67. The third kappa shape index (κ3) is 4.59. The largest absolute Gasteiger partial charge is 0.309 e. The summed E-state index contributed by atoms with van der Waals surface area (Å²) in [6.07, 6.45) is 2.31. The number of anilines is 1. The van der Waals surface area contributed by atoms with E-state index in [1.165, 1.54) is 23.1 Å². The highest BCUT2D eigenvalue weighted by Gasteiger charge is 2.19. The first kappa shape index (κ1) is 17.9. The lowest BCUT2D eigenvalue weighted by molar-refractivity contribution is -0.115. The number of nitrogens with one attached hydrogen (secondary N) is 1. The van der Waals surface area contributed by atoms with Gasteiger partial charge in [0.15, 0.2) is 10.3 Å². The second-order valence-corrected chi connectivity index (χ2v) is 7.99. The number of amides is 1. The molecule has 0 aliphatic carbocycles. The predicted molar refractivity (Wildman–Crippen MR) is 101 cm³/mol. The van der Waals surface area contributed by atoms with Crippen LogP contribution in [-0.4, -0.2) is 30.9 Å². The molecule has 3 aromatic rings. The van der Waals surface area contributed by atoms with Crippen LogP contribution in [0.1, 0.15) is 18.3 Å². The first-order valence-corrected chi connectivity index (χ1v) is 9.66. The van der Waals surface area contributed by atoms with Crippen LogP contribution < -0.4 is 5.32 Å². The minimum absolute atomic E-state index is 0.109. The summed E-state index contributed by atoms with van der Waals surface area (Å²) in [6.45, 7) is 1.83. The first-order valence-electron chi connectivity index (χ1n) is 7.52. The van der Waals surface area contributed by atoms with E-state index in [1.807, 2.05) is 48.2 Å². The predicted octanol–water partition coefficient (Wildman–Crippen LogP) is 3.64. The molecule has 130 valence electrons. The van der Waals surface area contributed by atoms with E-state index < -0.39 is 0 Å². The number of nitrogens with zero attached hydrogens (tertiary/aromatic N) is 4. The Bertz CT molecular complexity index is 848. The molecule has 0 bridgehead atoms. The summed E-state index contributed by atoms with van der Waals surface area (Å²) in [5, 5.41) is 14.7. The molecule has 0 saturated carbocycles. The number of rotatable bonds is 6. The molecule has 0 spiro atoms. The molecule has 1 aromatic carbocycles. The number of halogens is 1. The first-order chi connectivity index (χ1) is 12.0. The van der Waals surface area contributed by atoms with Crippen LogP contribution >= 0.6 is 34.7 Å². The van der Waals surface area contributed by atoms with Crippen molar-refractivity contribution in [2.45, 2.75) is 23.8 Å². The minimum Gasteiger partial charge on any atom is -0.309 e. The van der Waals surface area contributed by atoms with E-state index in [1.54, 1.807) is 6.20 Å². The van der Waals surface area contributed by atoms with Gasteiger partial charge < -0.3 is 9.88 Å². The Morgan fingerprint density at radius 3 is 2.80 bits per heavy atom. The molecule has 0 fully saturated rings. The van der Waals surface area contributed by atoms with Gasteiger partial charge in [0, 0.05) is 30.1 Å². The number of aromatic nitrogens is 4. The Labute approximate surface area is 158 Å². The molecule has 1 N–H and O–H groups in total. The topological polar surface area (TPSA) is 72.7 Å². The van der Waals surface area contributed by atoms with Crippen molar-refractivity contribution in [1.82, 2.24) is 19.7 Å². The van der Waals surface area contributed by atoms with E-state index in [2.05, 4.69) is 20.5 Å². The third-order valence-corrected chi connectivity index (χ3v) is 5.59. The summed E-state index contributed by atoms with van der Waals surface area (Å²) in [6, 6.07) is 7.64. The molecule has 1 atom stereocenters. The number of hydrogen-bond acceptors (Lipinski definition) is 6.